The van der Waals surface area contributed by atoms with Gasteiger partial charge in [0, 0.05) is 40.9 Å². The molecule has 3 rings (SSSR count). The standard InChI is InChI=1S/C27H29FO5.Na/c1-27(2,3)26-22(14-13-20(29)15-21(30)16-23(31)32)24(17-9-11-19(28)12-10-17)25(33-26)18-7-5-4-6-8-18;/h4-14,20-21,29-30H,15-16H2,1-3H3,(H,31,32);/q;+1/p-1/b14-13+;. The second-order valence-corrected chi connectivity index (χ2v) is 9.06. The van der Waals surface area contributed by atoms with Crippen LogP contribution >= 0.6 is 0 Å². The van der Waals surface area contributed by atoms with Crippen LogP contribution in [-0.2, 0) is 10.2 Å². The third-order valence-corrected chi connectivity index (χ3v) is 5.20. The van der Waals surface area contributed by atoms with Gasteiger partial charge in [-0.2, -0.15) is 0 Å². The molecule has 0 radical (unpaired) electrons. The van der Waals surface area contributed by atoms with Gasteiger partial charge in [0.25, 0.3) is 0 Å². The molecule has 1 heterocycles. The van der Waals surface area contributed by atoms with Gasteiger partial charge in [0.15, 0.2) is 0 Å². The molecule has 0 aliphatic heterocycles. The number of rotatable bonds is 8. The molecule has 174 valence electrons. The van der Waals surface area contributed by atoms with Gasteiger partial charge in [-0.05, 0) is 17.7 Å². The molecular formula is C27H28FNaO5. The molecule has 2 aromatic carbocycles. The minimum atomic E-state index is -1.38. The Labute approximate surface area is 221 Å². The minimum Gasteiger partial charge on any atom is -0.550 e. The summed E-state index contributed by atoms with van der Waals surface area (Å²) in [5.74, 6) is -0.429. The van der Waals surface area contributed by atoms with Crippen LogP contribution in [0.5, 0.6) is 0 Å². The molecule has 0 saturated carbocycles. The van der Waals surface area contributed by atoms with Crippen LogP contribution in [0.25, 0.3) is 28.5 Å². The molecule has 2 N–H and O–H groups in total. The summed E-state index contributed by atoms with van der Waals surface area (Å²) in [4.78, 5) is 10.7. The average Bonchev–Trinajstić information content (AvgIpc) is 3.13. The number of carbonyl (C=O) groups excluding carboxylic acids is 1. The Hall–Kier alpha value is -2.22. The summed E-state index contributed by atoms with van der Waals surface area (Å²) in [5.41, 5.74) is 2.69. The van der Waals surface area contributed by atoms with Crippen LogP contribution < -0.4 is 34.7 Å². The quantitative estimate of drug-likeness (QED) is 0.481. The predicted molar refractivity (Wildman–Crippen MR) is 124 cm³/mol. The van der Waals surface area contributed by atoms with Crippen LogP contribution in [0.2, 0.25) is 0 Å². The number of aliphatic carboxylic acids is 1. The van der Waals surface area contributed by atoms with E-state index in [1.165, 1.54) is 18.2 Å². The molecule has 0 aliphatic carbocycles. The number of carbonyl (C=O) groups is 1. The number of hydrogen-bond acceptors (Lipinski definition) is 5. The van der Waals surface area contributed by atoms with Gasteiger partial charge in [0.1, 0.15) is 17.3 Å². The van der Waals surface area contributed by atoms with E-state index in [9.17, 15) is 24.5 Å². The van der Waals surface area contributed by atoms with E-state index < -0.39 is 24.6 Å². The van der Waals surface area contributed by atoms with Crippen molar-refractivity contribution in [2.45, 2.75) is 51.2 Å². The van der Waals surface area contributed by atoms with Gasteiger partial charge >= 0.3 is 29.6 Å². The number of carboxylic acid groups (broad SMARTS) is 1. The van der Waals surface area contributed by atoms with E-state index in [0.29, 0.717) is 11.5 Å². The molecule has 1 aromatic heterocycles. The van der Waals surface area contributed by atoms with Crippen molar-refractivity contribution in [3.63, 3.8) is 0 Å². The van der Waals surface area contributed by atoms with Gasteiger partial charge < -0.3 is 24.5 Å². The summed E-state index contributed by atoms with van der Waals surface area (Å²) in [6.45, 7) is 6.02. The predicted octanol–water partition coefficient (Wildman–Crippen LogP) is 1.32. The molecule has 0 bridgehead atoms. The Morgan fingerprint density at radius 1 is 1.06 bits per heavy atom. The number of halogens is 1. The molecule has 0 aliphatic rings. The fraction of sp³-hybridized carbons (Fsp3) is 0.296. The number of carboxylic acids is 1. The first kappa shape index (κ1) is 28.0. The van der Waals surface area contributed by atoms with E-state index in [4.69, 9.17) is 4.42 Å². The number of aliphatic hydroxyl groups excluding tert-OH is 2. The van der Waals surface area contributed by atoms with Crippen LogP contribution in [0.1, 0.15) is 44.9 Å². The van der Waals surface area contributed by atoms with Crippen LogP contribution in [0, 0.1) is 5.82 Å². The number of hydrogen-bond donors (Lipinski definition) is 2. The van der Waals surface area contributed by atoms with Crippen molar-refractivity contribution >= 4 is 12.0 Å². The largest absolute Gasteiger partial charge is 1.00 e. The molecule has 2 unspecified atom stereocenters. The first-order chi connectivity index (χ1) is 15.6. The van der Waals surface area contributed by atoms with Crippen molar-refractivity contribution in [2.24, 2.45) is 0 Å². The zero-order valence-electron chi connectivity index (χ0n) is 19.9. The third kappa shape index (κ3) is 7.14. The fourth-order valence-electron chi connectivity index (χ4n) is 3.70. The first-order valence-corrected chi connectivity index (χ1v) is 10.8. The fourth-order valence-corrected chi connectivity index (χ4v) is 3.70. The summed E-state index contributed by atoms with van der Waals surface area (Å²) >= 11 is 0. The van der Waals surface area contributed by atoms with E-state index in [1.54, 1.807) is 18.2 Å². The molecule has 0 saturated heterocycles. The van der Waals surface area contributed by atoms with Crippen LogP contribution in [-0.4, -0.2) is 28.4 Å². The number of benzene rings is 2. The van der Waals surface area contributed by atoms with Gasteiger partial charge in [-0.25, -0.2) is 4.39 Å². The maximum Gasteiger partial charge on any atom is 1.00 e. The molecule has 3 aromatic rings. The molecular weight excluding hydrogens is 446 g/mol. The Kier molecular flexibility index (Phi) is 9.85. The molecule has 2 atom stereocenters. The summed E-state index contributed by atoms with van der Waals surface area (Å²) in [6.07, 6.45) is 0.209. The summed E-state index contributed by atoms with van der Waals surface area (Å²) in [6, 6.07) is 15.7. The van der Waals surface area contributed by atoms with E-state index in [-0.39, 0.29) is 47.2 Å². The van der Waals surface area contributed by atoms with Crippen molar-refractivity contribution in [3.05, 3.63) is 77.8 Å². The van der Waals surface area contributed by atoms with Crippen molar-refractivity contribution in [1.82, 2.24) is 0 Å². The van der Waals surface area contributed by atoms with E-state index in [1.807, 2.05) is 51.1 Å². The number of aliphatic hydroxyl groups is 2. The zero-order chi connectivity index (χ0) is 24.2. The molecule has 5 nitrogen and oxygen atoms in total. The number of furan rings is 1. The monoisotopic (exact) mass is 474 g/mol. The van der Waals surface area contributed by atoms with Crippen molar-refractivity contribution in [3.8, 4) is 22.5 Å². The minimum absolute atomic E-state index is 0. The van der Waals surface area contributed by atoms with E-state index in [2.05, 4.69) is 0 Å². The van der Waals surface area contributed by atoms with Gasteiger partial charge in [0.2, 0.25) is 0 Å². The maximum absolute atomic E-state index is 13.6. The van der Waals surface area contributed by atoms with Crippen molar-refractivity contribution < 1.29 is 58.5 Å². The summed E-state index contributed by atoms with van der Waals surface area (Å²) in [7, 11) is 0. The summed E-state index contributed by atoms with van der Waals surface area (Å²) < 4.78 is 20.0. The molecule has 34 heavy (non-hydrogen) atoms. The topological polar surface area (TPSA) is 93.7 Å². The van der Waals surface area contributed by atoms with Gasteiger partial charge in [-0.15, -0.1) is 0 Å². The van der Waals surface area contributed by atoms with Crippen molar-refractivity contribution in [2.75, 3.05) is 0 Å². The Morgan fingerprint density at radius 3 is 2.24 bits per heavy atom. The van der Waals surface area contributed by atoms with Gasteiger partial charge in [-0.1, -0.05) is 75.4 Å². The molecule has 0 spiro atoms. The van der Waals surface area contributed by atoms with Crippen LogP contribution in [0.15, 0.2) is 65.1 Å². The second kappa shape index (κ2) is 12.0. The average molecular weight is 475 g/mol. The zero-order valence-corrected chi connectivity index (χ0v) is 21.9. The Morgan fingerprint density at radius 2 is 1.68 bits per heavy atom. The summed E-state index contributed by atoms with van der Waals surface area (Å²) in [5, 5.41) is 30.9. The van der Waals surface area contributed by atoms with Crippen LogP contribution in [0.4, 0.5) is 4.39 Å². The van der Waals surface area contributed by atoms with Gasteiger partial charge in [-0.3, -0.25) is 0 Å². The first-order valence-electron chi connectivity index (χ1n) is 10.8. The van der Waals surface area contributed by atoms with Crippen LogP contribution in [0.3, 0.4) is 0 Å². The Balaban J connectivity index is 0.00000408. The van der Waals surface area contributed by atoms with Crippen molar-refractivity contribution in [1.29, 1.82) is 0 Å². The normalized spacial score (nSPS) is 13.5. The smallest absolute Gasteiger partial charge is 0.550 e. The molecule has 0 amide bonds. The SMILES string of the molecule is CC(C)(C)c1oc(-c2ccccc2)c(-c2ccc(F)cc2)c1/C=C/C(O)CC(O)CC(=O)[O-].[Na+]. The molecule has 7 heteroatoms. The Bertz CT molecular complexity index is 1110. The third-order valence-electron chi connectivity index (χ3n) is 5.20. The van der Waals surface area contributed by atoms with Gasteiger partial charge in [0.05, 0.1) is 12.2 Å². The van der Waals surface area contributed by atoms with E-state index >= 15 is 0 Å². The second-order valence-electron chi connectivity index (χ2n) is 9.06. The molecule has 0 fully saturated rings. The maximum atomic E-state index is 13.6. The van der Waals surface area contributed by atoms with E-state index in [0.717, 1.165) is 22.3 Å².